The zero-order valence-corrected chi connectivity index (χ0v) is 12.3. The molecule has 18 heavy (non-hydrogen) atoms. The minimum Gasteiger partial charge on any atom is -0.504 e. The number of methoxy groups -OCH3 is 1. The molecule has 1 saturated carbocycles. The molecule has 0 unspecified atom stereocenters. The Kier molecular flexibility index (Phi) is 4.17. The largest absolute Gasteiger partial charge is 0.504 e. The molecule has 0 aliphatic heterocycles. The summed E-state index contributed by atoms with van der Waals surface area (Å²) in [6.07, 6.45) is 5.75. The monoisotopic (exact) mass is 313 g/mol. The number of rotatable bonds is 3. The van der Waals surface area contributed by atoms with Gasteiger partial charge < -0.3 is 15.6 Å². The smallest absolute Gasteiger partial charge is 0.165 e. The molecule has 3 N–H and O–H groups in total. The van der Waals surface area contributed by atoms with E-state index in [1.165, 1.54) is 19.3 Å². The fourth-order valence-corrected chi connectivity index (χ4v) is 3.77. The van der Waals surface area contributed by atoms with E-state index in [0.717, 1.165) is 22.9 Å². The van der Waals surface area contributed by atoms with Crippen molar-refractivity contribution in [3.63, 3.8) is 0 Å². The molecule has 0 bridgehead atoms. The number of nitrogens with two attached hydrogens (primary N) is 1. The first-order valence-electron chi connectivity index (χ1n) is 6.40. The van der Waals surface area contributed by atoms with Crippen molar-refractivity contribution in [1.29, 1.82) is 0 Å². The SMILES string of the molecule is COc1c(O)ccc(Br)c1C1(CN)CCCCC1. The lowest BCUT2D eigenvalue weighted by atomic mass is 9.69. The van der Waals surface area contributed by atoms with Crippen LogP contribution >= 0.6 is 15.9 Å². The van der Waals surface area contributed by atoms with Gasteiger partial charge in [-0.05, 0) is 25.0 Å². The summed E-state index contributed by atoms with van der Waals surface area (Å²) in [4.78, 5) is 0. The summed E-state index contributed by atoms with van der Waals surface area (Å²) >= 11 is 3.59. The highest BCUT2D eigenvalue weighted by molar-refractivity contribution is 9.10. The fourth-order valence-electron chi connectivity index (χ4n) is 3.03. The number of aromatic hydroxyl groups is 1. The maximum Gasteiger partial charge on any atom is 0.165 e. The van der Waals surface area contributed by atoms with Crippen molar-refractivity contribution in [3.05, 3.63) is 22.2 Å². The first-order chi connectivity index (χ1) is 8.64. The van der Waals surface area contributed by atoms with Crippen molar-refractivity contribution in [3.8, 4) is 11.5 Å². The van der Waals surface area contributed by atoms with E-state index < -0.39 is 0 Å². The molecule has 1 aliphatic carbocycles. The van der Waals surface area contributed by atoms with Crippen molar-refractivity contribution < 1.29 is 9.84 Å². The summed E-state index contributed by atoms with van der Waals surface area (Å²) in [5.74, 6) is 0.755. The van der Waals surface area contributed by atoms with Crippen LogP contribution in [0.4, 0.5) is 0 Å². The van der Waals surface area contributed by atoms with Crippen molar-refractivity contribution in [2.45, 2.75) is 37.5 Å². The van der Waals surface area contributed by atoms with E-state index in [1.54, 1.807) is 13.2 Å². The first-order valence-corrected chi connectivity index (χ1v) is 7.20. The highest BCUT2D eigenvalue weighted by Gasteiger charge is 2.37. The standard InChI is InChI=1S/C14H20BrNO2/c1-18-13-11(17)6-5-10(15)12(13)14(9-16)7-3-2-4-8-14/h5-6,17H,2-4,7-9,16H2,1H3. The lowest BCUT2D eigenvalue weighted by molar-refractivity contribution is 0.281. The third kappa shape index (κ3) is 2.24. The van der Waals surface area contributed by atoms with Crippen LogP contribution in [-0.2, 0) is 5.41 Å². The minimum absolute atomic E-state index is 0.0683. The van der Waals surface area contributed by atoms with E-state index in [0.29, 0.717) is 12.3 Å². The van der Waals surface area contributed by atoms with Gasteiger partial charge >= 0.3 is 0 Å². The number of ether oxygens (including phenoxy) is 1. The molecule has 0 saturated heterocycles. The third-order valence-electron chi connectivity index (χ3n) is 4.02. The van der Waals surface area contributed by atoms with E-state index >= 15 is 0 Å². The Morgan fingerprint density at radius 2 is 2.00 bits per heavy atom. The summed E-state index contributed by atoms with van der Waals surface area (Å²) in [6.45, 7) is 0.589. The zero-order chi connectivity index (χ0) is 13.2. The molecule has 3 nitrogen and oxygen atoms in total. The Morgan fingerprint density at radius 3 is 2.56 bits per heavy atom. The zero-order valence-electron chi connectivity index (χ0n) is 10.7. The van der Waals surface area contributed by atoms with Gasteiger partial charge in [0.15, 0.2) is 11.5 Å². The normalized spacial score (nSPS) is 18.6. The lowest BCUT2D eigenvalue weighted by Gasteiger charge is -2.38. The van der Waals surface area contributed by atoms with E-state index in [2.05, 4.69) is 15.9 Å². The summed E-state index contributed by atoms with van der Waals surface area (Å²) in [5, 5.41) is 9.97. The van der Waals surface area contributed by atoms with Crippen LogP contribution in [0.2, 0.25) is 0 Å². The van der Waals surface area contributed by atoms with E-state index in [9.17, 15) is 5.11 Å². The molecule has 0 spiro atoms. The van der Waals surface area contributed by atoms with Gasteiger partial charge in [0.25, 0.3) is 0 Å². The van der Waals surface area contributed by atoms with Crippen LogP contribution in [0.15, 0.2) is 16.6 Å². The van der Waals surface area contributed by atoms with Crippen LogP contribution in [0.5, 0.6) is 11.5 Å². The van der Waals surface area contributed by atoms with Gasteiger partial charge in [0, 0.05) is 22.0 Å². The average Bonchev–Trinajstić information content (AvgIpc) is 2.41. The van der Waals surface area contributed by atoms with E-state index in [-0.39, 0.29) is 11.2 Å². The molecule has 4 heteroatoms. The molecule has 0 heterocycles. The molecular weight excluding hydrogens is 294 g/mol. The molecule has 1 aromatic carbocycles. The minimum atomic E-state index is -0.0683. The molecule has 0 atom stereocenters. The van der Waals surface area contributed by atoms with Crippen molar-refractivity contribution in [1.82, 2.24) is 0 Å². The number of hydrogen-bond donors (Lipinski definition) is 2. The van der Waals surface area contributed by atoms with Crippen LogP contribution in [0.1, 0.15) is 37.7 Å². The van der Waals surface area contributed by atoms with Gasteiger partial charge in [0.2, 0.25) is 0 Å². The van der Waals surface area contributed by atoms with Crippen LogP contribution in [0.25, 0.3) is 0 Å². The summed E-state index contributed by atoms with van der Waals surface area (Å²) < 4.78 is 6.38. The number of hydrogen-bond acceptors (Lipinski definition) is 3. The Morgan fingerprint density at radius 1 is 1.33 bits per heavy atom. The lowest BCUT2D eigenvalue weighted by Crippen LogP contribution is -2.37. The summed E-state index contributed by atoms with van der Waals surface area (Å²) in [5.41, 5.74) is 7.02. The molecule has 0 aromatic heterocycles. The van der Waals surface area contributed by atoms with Crippen molar-refractivity contribution >= 4 is 15.9 Å². The van der Waals surface area contributed by atoms with Gasteiger partial charge in [-0.3, -0.25) is 0 Å². The summed E-state index contributed by atoms with van der Waals surface area (Å²) in [7, 11) is 1.60. The van der Waals surface area contributed by atoms with Crippen molar-refractivity contribution in [2.75, 3.05) is 13.7 Å². The van der Waals surface area contributed by atoms with Crippen molar-refractivity contribution in [2.24, 2.45) is 5.73 Å². The van der Waals surface area contributed by atoms with Gasteiger partial charge in [-0.25, -0.2) is 0 Å². The second-order valence-electron chi connectivity index (χ2n) is 5.02. The van der Waals surface area contributed by atoms with Crippen LogP contribution in [0.3, 0.4) is 0 Å². The number of benzene rings is 1. The Bertz CT molecular complexity index is 428. The van der Waals surface area contributed by atoms with Gasteiger partial charge in [-0.2, -0.15) is 0 Å². The fraction of sp³-hybridized carbons (Fsp3) is 0.571. The van der Waals surface area contributed by atoms with E-state index in [4.69, 9.17) is 10.5 Å². The van der Waals surface area contributed by atoms with Crippen LogP contribution < -0.4 is 10.5 Å². The highest BCUT2D eigenvalue weighted by Crippen LogP contribution is 2.48. The molecule has 1 aromatic rings. The number of phenols is 1. The van der Waals surface area contributed by atoms with Crippen LogP contribution in [0, 0.1) is 0 Å². The number of phenolic OH excluding ortho intramolecular Hbond substituents is 1. The Hall–Kier alpha value is -0.740. The highest BCUT2D eigenvalue weighted by atomic mass is 79.9. The molecule has 1 fully saturated rings. The second-order valence-corrected chi connectivity index (χ2v) is 5.87. The predicted molar refractivity (Wildman–Crippen MR) is 76.2 cm³/mol. The average molecular weight is 314 g/mol. The first kappa shape index (κ1) is 13.7. The van der Waals surface area contributed by atoms with Gasteiger partial charge in [-0.1, -0.05) is 35.2 Å². The topological polar surface area (TPSA) is 55.5 Å². The molecule has 0 radical (unpaired) electrons. The number of halogens is 1. The molecule has 1 aliphatic rings. The van der Waals surface area contributed by atoms with E-state index in [1.807, 2.05) is 6.07 Å². The maximum atomic E-state index is 9.97. The third-order valence-corrected chi connectivity index (χ3v) is 4.68. The Balaban J connectivity index is 2.56. The van der Waals surface area contributed by atoms with Gasteiger partial charge in [0.1, 0.15) is 0 Å². The second kappa shape index (κ2) is 5.49. The quantitative estimate of drug-likeness (QED) is 0.900. The molecular formula is C14H20BrNO2. The maximum absolute atomic E-state index is 9.97. The van der Waals surface area contributed by atoms with Gasteiger partial charge in [-0.15, -0.1) is 0 Å². The predicted octanol–water partition coefficient (Wildman–Crippen LogP) is 3.32. The summed E-state index contributed by atoms with van der Waals surface area (Å²) in [6, 6.07) is 3.53. The molecule has 2 rings (SSSR count). The van der Waals surface area contributed by atoms with Gasteiger partial charge in [0.05, 0.1) is 7.11 Å². The molecule has 0 amide bonds. The Labute approximate surface area is 116 Å². The van der Waals surface area contributed by atoms with Crippen LogP contribution in [-0.4, -0.2) is 18.8 Å². The molecule has 100 valence electrons.